The lowest BCUT2D eigenvalue weighted by molar-refractivity contribution is -0.123. The number of benzene rings is 2. The van der Waals surface area contributed by atoms with Crippen LogP contribution >= 0.6 is 0 Å². The summed E-state index contributed by atoms with van der Waals surface area (Å²) >= 11 is 0. The summed E-state index contributed by atoms with van der Waals surface area (Å²) in [6.07, 6.45) is 2.14. The number of carbonyl (C=O) groups is 1. The van der Waals surface area contributed by atoms with Gasteiger partial charge in [-0.15, -0.1) is 0 Å². The lowest BCUT2D eigenvalue weighted by Gasteiger charge is -2.25. The van der Waals surface area contributed by atoms with Crippen molar-refractivity contribution in [3.05, 3.63) is 65.7 Å². The van der Waals surface area contributed by atoms with E-state index in [1.807, 2.05) is 25.1 Å². The molecule has 3 N–H and O–H groups in total. The molecule has 27 heavy (non-hydrogen) atoms. The molecule has 1 aliphatic rings. The Kier molecular flexibility index (Phi) is 5.94. The maximum absolute atomic E-state index is 12.5. The number of carbonyl (C=O) groups excluding carboxylic acids is 1. The van der Waals surface area contributed by atoms with Crippen LogP contribution in [0.4, 0.5) is 0 Å². The summed E-state index contributed by atoms with van der Waals surface area (Å²) in [4.78, 5) is 14.8. The Balaban J connectivity index is 1.60. The third-order valence-electron chi connectivity index (χ3n) is 4.98. The number of amides is 1. The van der Waals surface area contributed by atoms with E-state index < -0.39 is 10.0 Å². The van der Waals surface area contributed by atoms with Gasteiger partial charge < -0.3 is 5.32 Å². The maximum atomic E-state index is 12.5. The van der Waals surface area contributed by atoms with Crippen LogP contribution < -0.4 is 10.5 Å². The summed E-state index contributed by atoms with van der Waals surface area (Å²) in [6.45, 7) is 3.13. The van der Waals surface area contributed by atoms with E-state index in [1.54, 1.807) is 12.1 Å². The monoisotopic (exact) mass is 387 g/mol. The Labute approximate surface area is 160 Å². The minimum Gasteiger partial charge on any atom is -0.348 e. The van der Waals surface area contributed by atoms with Crippen molar-refractivity contribution in [1.82, 2.24) is 10.2 Å². The van der Waals surface area contributed by atoms with Crippen LogP contribution in [0.2, 0.25) is 0 Å². The summed E-state index contributed by atoms with van der Waals surface area (Å²) < 4.78 is 22.7. The van der Waals surface area contributed by atoms with Crippen molar-refractivity contribution < 1.29 is 13.2 Å². The average molecular weight is 388 g/mol. The van der Waals surface area contributed by atoms with Crippen molar-refractivity contribution in [2.45, 2.75) is 36.7 Å². The Morgan fingerprint density at radius 3 is 2.48 bits per heavy atom. The highest BCUT2D eigenvalue weighted by Crippen LogP contribution is 2.31. The van der Waals surface area contributed by atoms with Gasteiger partial charge in [-0.25, -0.2) is 13.6 Å². The second-order valence-electron chi connectivity index (χ2n) is 6.94. The fourth-order valence-corrected chi connectivity index (χ4v) is 4.08. The van der Waals surface area contributed by atoms with E-state index in [-0.39, 0.29) is 22.9 Å². The molecule has 0 saturated carbocycles. The smallest absolute Gasteiger partial charge is 0.238 e. The highest BCUT2D eigenvalue weighted by Gasteiger charge is 2.27. The Hall–Kier alpha value is -2.22. The number of nitrogens with zero attached hydrogens (tertiary/aromatic N) is 1. The first-order valence-corrected chi connectivity index (χ1v) is 10.6. The molecule has 1 amide bonds. The zero-order chi connectivity index (χ0) is 19.4. The molecule has 0 aliphatic carbocycles. The van der Waals surface area contributed by atoms with Gasteiger partial charge in [-0.1, -0.05) is 42.5 Å². The van der Waals surface area contributed by atoms with Crippen molar-refractivity contribution in [2.75, 3.05) is 13.1 Å². The summed E-state index contributed by atoms with van der Waals surface area (Å²) in [5.74, 6) is -0.0409. The van der Waals surface area contributed by atoms with Gasteiger partial charge in [-0.2, -0.15) is 0 Å². The predicted molar refractivity (Wildman–Crippen MR) is 104 cm³/mol. The minimum atomic E-state index is -3.71. The Morgan fingerprint density at radius 1 is 1.19 bits per heavy atom. The number of rotatable bonds is 6. The number of hydrogen-bond donors (Lipinski definition) is 2. The summed E-state index contributed by atoms with van der Waals surface area (Å²) in [5.41, 5.74) is 2.08. The largest absolute Gasteiger partial charge is 0.348 e. The van der Waals surface area contributed by atoms with Crippen LogP contribution in [0.15, 0.2) is 59.5 Å². The quantitative estimate of drug-likeness (QED) is 0.796. The molecule has 1 aliphatic heterocycles. The predicted octanol–water partition coefficient (Wildman–Crippen LogP) is 2.35. The molecule has 2 unspecified atom stereocenters. The van der Waals surface area contributed by atoms with Gasteiger partial charge in [0.1, 0.15) is 0 Å². The van der Waals surface area contributed by atoms with Crippen LogP contribution in [-0.2, 0) is 14.8 Å². The molecular formula is C20H25N3O3S. The fraction of sp³-hybridized carbons (Fsp3) is 0.350. The van der Waals surface area contributed by atoms with E-state index in [1.165, 1.54) is 17.7 Å². The Bertz CT molecular complexity index is 882. The molecule has 2 atom stereocenters. The molecule has 1 fully saturated rings. The van der Waals surface area contributed by atoms with Crippen LogP contribution in [0.25, 0.3) is 0 Å². The lowest BCUT2D eigenvalue weighted by atomic mass is 10.0. The van der Waals surface area contributed by atoms with Crippen molar-refractivity contribution in [3.8, 4) is 0 Å². The first-order valence-electron chi connectivity index (χ1n) is 9.06. The highest BCUT2D eigenvalue weighted by atomic mass is 32.2. The Morgan fingerprint density at radius 2 is 1.85 bits per heavy atom. The molecular weight excluding hydrogens is 362 g/mol. The third kappa shape index (κ3) is 4.94. The van der Waals surface area contributed by atoms with Crippen LogP contribution in [0.5, 0.6) is 0 Å². The molecule has 0 aromatic heterocycles. The highest BCUT2D eigenvalue weighted by molar-refractivity contribution is 7.89. The second-order valence-corrected chi connectivity index (χ2v) is 8.50. The van der Waals surface area contributed by atoms with E-state index in [0.717, 1.165) is 24.9 Å². The first kappa shape index (κ1) is 19.5. The van der Waals surface area contributed by atoms with E-state index in [2.05, 4.69) is 22.3 Å². The number of nitrogens with one attached hydrogen (secondary N) is 1. The van der Waals surface area contributed by atoms with Crippen LogP contribution in [0, 0.1) is 0 Å². The SMILES string of the molecule is CC(NC(=O)CN1CCCC1c1ccccc1)c1ccc(S(N)(=O)=O)cc1. The van der Waals surface area contributed by atoms with E-state index in [9.17, 15) is 13.2 Å². The van der Waals surface area contributed by atoms with Crippen molar-refractivity contribution in [3.63, 3.8) is 0 Å². The first-order chi connectivity index (χ1) is 12.8. The van der Waals surface area contributed by atoms with Gasteiger partial charge in [0.2, 0.25) is 15.9 Å². The average Bonchev–Trinajstić information content (AvgIpc) is 3.09. The molecule has 2 aromatic rings. The van der Waals surface area contributed by atoms with Crippen LogP contribution in [0.1, 0.15) is 43.0 Å². The molecule has 2 aromatic carbocycles. The number of hydrogen-bond acceptors (Lipinski definition) is 4. The van der Waals surface area contributed by atoms with Gasteiger partial charge in [0, 0.05) is 6.04 Å². The van der Waals surface area contributed by atoms with Crippen molar-refractivity contribution >= 4 is 15.9 Å². The maximum Gasteiger partial charge on any atom is 0.238 e. The molecule has 3 rings (SSSR count). The van der Waals surface area contributed by atoms with Gasteiger partial charge in [-0.3, -0.25) is 9.69 Å². The number of likely N-dealkylation sites (tertiary alicyclic amines) is 1. The molecule has 1 heterocycles. The van der Waals surface area contributed by atoms with Gasteiger partial charge in [0.25, 0.3) is 0 Å². The zero-order valence-corrected chi connectivity index (χ0v) is 16.2. The second kappa shape index (κ2) is 8.21. The number of sulfonamides is 1. The van der Waals surface area contributed by atoms with Crippen molar-refractivity contribution in [2.24, 2.45) is 5.14 Å². The van der Waals surface area contributed by atoms with Crippen molar-refractivity contribution in [1.29, 1.82) is 0 Å². The molecule has 1 saturated heterocycles. The van der Waals surface area contributed by atoms with Gasteiger partial charge in [-0.05, 0) is 49.6 Å². The van der Waals surface area contributed by atoms with Gasteiger partial charge in [0.15, 0.2) is 0 Å². The zero-order valence-electron chi connectivity index (χ0n) is 15.3. The standard InChI is InChI=1S/C20H25N3O3S/c1-15(16-9-11-18(12-10-16)27(21,25)26)22-20(24)14-23-13-5-8-19(23)17-6-3-2-4-7-17/h2-4,6-7,9-12,15,19H,5,8,13-14H2,1H3,(H,22,24)(H2,21,25,26). The molecule has 0 radical (unpaired) electrons. The molecule has 0 spiro atoms. The molecule has 7 heteroatoms. The van der Waals surface area contributed by atoms with Crippen LogP contribution in [0.3, 0.4) is 0 Å². The van der Waals surface area contributed by atoms with E-state index in [0.29, 0.717) is 6.54 Å². The van der Waals surface area contributed by atoms with E-state index >= 15 is 0 Å². The number of nitrogens with two attached hydrogens (primary N) is 1. The van der Waals surface area contributed by atoms with E-state index in [4.69, 9.17) is 5.14 Å². The summed E-state index contributed by atoms with van der Waals surface area (Å²) in [7, 11) is -3.71. The molecule has 0 bridgehead atoms. The van der Waals surface area contributed by atoms with Gasteiger partial charge in [0.05, 0.1) is 17.5 Å². The normalized spacial score (nSPS) is 19.0. The molecule has 6 nitrogen and oxygen atoms in total. The van der Waals surface area contributed by atoms with Crippen LogP contribution in [-0.4, -0.2) is 32.3 Å². The lowest BCUT2D eigenvalue weighted by Crippen LogP contribution is -2.38. The molecule has 144 valence electrons. The summed E-state index contributed by atoms with van der Waals surface area (Å²) in [6, 6.07) is 16.6. The van der Waals surface area contributed by atoms with Gasteiger partial charge >= 0.3 is 0 Å². The fourth-order valence-electron chi connectivity index (χ4n) is 3.57. The topological polar surface area (TPSA) is 92.5 Å². The summed E-state index contributed by atoms with van der Waals surface area (Å²) in [5, 5.41) is 8.10. The number of primary sulfonamides is 1. The third-order valence-corrected chi connectivity index (χ3v) is 5.91. The minimum absolute atomic E-state index is 0.0409.